The maximum atomic E-state index is 10.6. The van der Waals surface area contributed by atoms with Gasteiger partial charge in [0.05, 0.1) is 6.42 Å². The second-order valence-electron chi connectivity index (χ2n) is 6.23. The van der Waals surface area contributed by atoms with E-state index in [1.807, 2.05) is 0 Å². The molecule has 1 aromatic carbocycles. The van der Waals surface area contributed by atoms with Crippen molar-refractivity contribution in [2.75, 3.05) is 18.1 Å². The van der Waals surface area contributed by atoms with Gasteiger partial charge >= 0.3 is 12.0 Å². The summed E-state index contributed by atoms with van der Waals surface area (Å²) in [5.74, 6) is 0.205. The number of fused-ring (bicyclic) bond motifs is 1. The van der Waals surface area contributed by atoms with E-state index in [-0.39, 0.29) is 24.2 Å². The van der Waals surface area contributed by atoms with E-state index in [1.54, 1.807) is 6.07 Å². The minimum absolute atomic E-state index is 0.00183. The third-order valence-corrected chi connectivity index (χ3v) is 4.47. The molecule has 1 aliphatic heterocycles. The number of carboxylic acids is 1. The number of benzene rings is 1. The Labute approximate surface area is 151 Å². The fourth-order valence-corrected chi connectivity index (χ4v) is 3.13. The maximum Gasteiger partial charge on any atom is 0.319 e. The number of aromatic nitrogens is 2. The summed E-state index contributed by atoms with van der Waals surface area (Å²) in [4.78, 5) is 21.2. The van der Waals surface area contributed by atoms with Crippen LogP contribution in [-0.4, -0.2) is 34.2 Å². The molecule has 0 saturated heterocycles. The zero-order chi connectivity index (χ0) is 18.0. The molecule has 0 aliphatic carbocycles. The van der Waals surface area contributed by atoms with E-state index in [4.69, 9.17) is 21.4 Å². The van der Waals surface area contributed by atoms with Gasteiger partial charge in [-0.05, 0) is 36.5 Å². The van der Waals surface area contributed by atoms with Gasteiger partial charge in [0.1, 0.15) is 17.6 Å². The number of nitrogens with zero attached hydrogens (tertiary/aromatic N) is 3. The summed E-state index contributed by atoms with van der Waals surface area (Å²) in [5.41, 5.74) is 3.57. The molecule has 2 heterocycles. The van der Waals surface area contributed by atoms with Crippen LogP contribution in [0.25, 0.3) is 0 Å². The number of aryl methyl sites for hydroxylation is 1. The molecule has 1 atom stereocenters. The largest absolute Gasteiger partial charge is 0.481 e. The van der Waals surface area contributed by atoms with E-state index in [9.17, 15) is 4.79 Å². The highest BCUT2D eigenvalue weighted by atomic mass is 35.5. The molecule has 0 saturated carbocycles. The van der Waals surface area contributed by atoms with Gasteiger partial charge in [-0.1, -0.05) is 30.7 Å². The molecule has 1 unspecified atom stereocenters. The number of rotatable bonds is 5. The van der Waals surface area contributed by atoms with Gasteiger partial charge in [0.15, 0.2) is 0 Å². The molecule has 1 aromatic heterocycles. The minimum Gasteiger partial charge on any atom is -0.481 e. The van der Waals surface area contributed by atoms with Crippen LogP contribution in [0.15, 0.2) is 24.3 Å². The van der Waals surface area contributed by atoms with Gasteiger partial charge in [-0.15, -0.1) is 0 Å². The lowest BCUT2D eigenvalue weighted by Gasteiger charge is -2.34. The Hall–Kier alpha value is -2.34. The van der Waals surface area contributed by atoms with Gasteiger partial charge in [-0.25, -0.2) is 0 Å². The quantitative estimate of drug-likeness (QED) is 0.813. The van der Waals surface area contributed by atoms with Crippen LogP contribution in [0.4, 0.5) is 11.5 Å². The number of anilines is 2. The number of aliphatic carboxylic acids is 1. The highest BCUT2D eigenvalue weighted by Crippen LogP contribution is 2.39. The average molecular weight is 362 g/mol. The highest BCUT2D eigenvalue weighted by Gasteiger charge is 2.25. The normalized spacial score (nSPS) is 16.4. The zero-order valence-corrected chi connectivity index (χ0v) is 15.0. The second-order valence-corrected chi connectivity index (χ2v) is 6.61. The predicted molar refractivity (Wildman–Crippen MR) is 96.0 cm³/mol. The molecule has 1 N–H and O–H groups in total. The van der Waals surface area contributed by atoms with E-state index in [1.165, 1.54) is 11.1 Å². The van der Waals surface area contributed by atoms with Crippen LogP contribution in [0, 0.1) is 6.92 Å². The molecule has 0 fully saturated rings. The molecule has 0 amide bonds. The Morgan fingerprint density at radius 3 is 2.96 bits per heavy atom. The lowest BCUT2D eigenvalue weighted by atomic mass is 9.90. The molecule has 3 rings (SSSR count). The lowest BCUT2D eigenvalue weighted by Crippen LogP contribution is -2.27. The Bertz CT molecular complexity index is 797. The number of halogens is 1. The van der Waals surface area contributed by atoms with Crippen LogP contribution in [0.5, 0.6) is 6.01 Å². The molecule has 1 aliphatic rings. The lowest BCUT2D eigenvalue weighted by molar-refractivity contribution is -0.137. The fraction of sp³-hybridized carbons (Fsp3) is 0.389. The first-order valence-corrected chi connectivity index (χ1v) is 8.59. The second kappa shape index (κ2) is 7.27. The number of carbonyl (C=O) groups is 1. The topological polar surface area (TPSA) is 75.6 Å². The van der Waals surface area contributed by atoms with Crippen molar-refractivity contribution in [2.45, 2.75) is 32.6 Å². The van der Waals surface area contributed by atoms with Gasteiger partial charge in [-0.3, -0.25) is 4.79 Å². The highest BCUT2D eigenvalue weighted by molar-refractivity contribution is 6.29. The van der Waals surface area contributed by atoms with Crippen molar-refractivity contribution in [1.29, 1.82) is 0 Å². The zero-order valence-electron chi connectivity index (χ0n) is 14.2. The van der Waals surface area contributed by atoms with Gasteiger partial charge in [0.2, 0.25) is 0 Å². The summed E-state index contributed by atoms with van der Waals surface area (Å²) in [5, 5.41) is 8.98. The first kappa shape index (κ1) is 17.5. The Kier molecular flexibility index (Phi) is 5.08. The summed E-state index contributed by atoms with van der Waals surface area (Å²) < 4.78 is 5.35. The first-order chi connectivity index (χ1) is 11.9. The Morgan fingerprint density at radius 1 is 1.40 bits per heavy atom. The summed E-state index contributed by atoms with van der Waals surface area (Å²) in [7, 11) is 0. The molecular formula is C18H20ClN3O3. The molecule has 7 heteroatoms. The van der Waals surface area contributed by atoms with Gasteiger partial charge in [-0.2, -0.15) is 9.97 Å². The monoisotopic (exact) mass is 361 g/mol. The van der Waals surface area contributed by atoms with Crippen molar-refractivity contribution in [3.8, 4) is 6.01 Å². The average Bonchev–Trinajstić information content (AvgIpc) is 2.54. The molecule has 0 radical (unpaired) electrons. The molecule has 132 valence electrons. The minimum atomic E-state index is -0.934. The van der Waals surface area contributed by atoms with Crippen LogP contribution in [0.2, 0.25) is 5.15 Å². The van der Waals surface area contributed by atoms with E-state index in [0.717, 1.165) is 18.7 Å². The van der Waals surface area contributed by atoms with Gasteiger partial charge < -0.3 is 14.7 Å². The van der Waals surface area contributed by atoms with Crippen LogP contribution < -0.4 is 9.64 Å². The smallest absolute Gasteiger partial charge is 0.319 e. The van der Waals surface area contributed by atoms with Crippen molar-refractivity contribution in [1.82, 2.24) is 9.97 Å². The van der Waals surface area contributed by atoms with E-state index in [0.29, 0.717) is 11.7 Å². The molecular weight excluding hydrogens is 342 g/mol. The first-order valence-electron chi connectivity index (χ1n) is 8.21. The SMILES string of the molecule is Cc1ccc2c(c1)N(c1cc(Cl)nc(OCCC(=O)O)n1)CCC2C. The summed E-state index contributed by atoms with van der Waals surface area (Å²) in [6.07, 6.45) is 0.890. The number of carboxylic acid groups (broad SMARTS) is 1. The third-order valence-electron chi connectivity index (χ3n) is 4.28. The summed E-state index contributed by atoms with van der Waals surface area (Å²) in [6.45, 7) is 5.10. The van der Waals surface area contributed by atoms with Crippen LogP contribution in [0.1, 0.15) is 36.8 Å². The van der Waals surface area contributed by atoms with Crippen molar-refractivity contribution in [3.63, 3.8) is 0 Å². The molecule has 0 spiro atoms. The third kappa shape index (κ3) is 4.02. The summed E-state index contributed by atoms with van der Waals surface area (Å²) >= 11 is 6.12. The standard InChI is InChI=1S/C18H20ClN3O3/c1-11-3-4-13-12(2)5-7-22(14(13)9-11)16-10-15(19)20-18(21-16)25-8-6-17(23)24/h3-4,9-10,12H,5-8H2,1-2H3,(H,23,24). The van der Waals surface area contributed by atoms with Crippen LogP contribution in [0.3, 0.4) is 0 Å². The number of hydrogen-bond donors (Lipinski definition) is 1. The molecule has 25 heavy (non-hydrogen) atoms. The number of hydrogen-bond acceptors (Lipinski definition) is 5. The Balaban J connectivity index is 1.92. The molecule has 2 aromatic rings. The van der Waals surface area contributed by atoms with Crippen molar-refractivity contribution in [2.24, 2.45) is 0 Å². The van der Waals surface area contributed by atoms with Crippen LogP contribution in [-0.2, 0) is 4.79 Å². The van der Waals surface area contributed by atoms with E-state index < -0.39 is 5.97 Å². The van der Waals surface area contributed by atoms with Crippen molar-refractivity contribution in [3.05, 3.63) is 40.5 Å². The number of ether oxygens (including phenoxy) is 1. The molecule has 0 bridgehead atoms. The van der Waals surface area contributed by atoms with Gasteiger partial charge in [0.25, 0.3) is 0 Å². The Morgan fingerprint density at radius 2 is 2.20 bits per heavy atom. The predicted octanol–water partition coefficient (Wildman–Crippen LogP) is 3.94. The fourth-order valence-electron chi connectivity index (χ4n) is 2.96. The van der Waals surface area contributed by atoms with E-state index in [2.05, 4.69) is 46.9 Å². The maximum absolute atomic E-state index is 10.6. The van der Waals surface area contributed by atoms with E-state index >= 15 is 0 Å². The molecule has 6 nitrogen and oxygen atoms in total. The summed E-state index contributed by atoms with van der Waals surface area (Å²) in [6, 6.07) is 8.22. The van der Waals surface area contributed by atoms with Gasteiger partial charge in [0, 0.05) is 18.3 Å². The van der Waals surface area contributed by atoms with Crippen molar-refractivity contribution >= 4 is 29.1 Å². The van der Waals surface area contributed by atoms with Crippen LogP contribution >= 0.6 is 11.6 Å². The van der Waals surface area contributed by atoms with Crippen molar-refractivity contribution < 1.29 is 14.6 Å².